The number of hydrogen-bond acceptors (Lipinski definition) is 4. The fraction of sp³-hybridized carbons (Fsp3) is 0.0714. The van der Waals surface area contributed by atoms with Gasteiger partial charge in [0.1, 0.15) is 5.76 Å². The summed E-state index contributed by atoms with van der Waals surface area (Å²) in [4.78, 5) is 11.9. The Morgan fingerprint density at radius 1 is 1.17 bits per heavy atom. The van der Waals surface area contributed by atoms with Crippen molar-refractivity contribution in [2.24, 2.45) is 0 Å². The van der Waals surface area contributed by atoms with Crippen molar-refractivity contribution in [3.63, 3.8) is 0 Å². The zero-order valence-corrected chi connectivity index (χ0v) is 10.2. The summed E-state index contributed by atoms with van der Waals surface area (Å²) in [6, 6.07) is 10.9. The molecule has 3 rings (SSSR count). The Kier molecular flexibility index (Phi) is 2.54. The van der Waals surface area contributed by atoms with Crippen LogP contribution in [-0.2, 0) is 15.3 Å². The molecule has 0 amide bonds. The summed E-state index contributed by atoms with van der Waals surface area (Å²) in [6.45, 7) is 0. The van der Waals surface area contributed by atoms with Crippen LogP contribution in [0.2, 0.25) is 0 Å². The van der Waals surface area contributed by atoms with Crippen LogP contribution in [0.25, 0.3) is 5.76 Å². The first kappa shape index (κ1) is 11.2. The number of rotatable bonds is 2. The van der Waals surface area contributed by atoms with E-state index in [2.05, 4.69) is 0 Å². The van der Waals surface area contributed by atoms with Gasteiger partial charge in [0.25, 0.3) is 5.79 Å². The average molecular weight is 258 g/mol. The Morgan fingerprint density at radius 2 is 1.94 bits per heavy atom. The first-order valence-corrected chi connectivity index (χ1v) is 6.40. The van der Waals surface area contributed by atoms with Crippen molar-refractivity contribution in [2.75, 3.05) is 0 Å². The van der Waals surface area contributed by atoms with Crippen molar-refractivity contribution in [3.8, 4) is 0 Å². The highest BCUT2D eigenvalue weighted by atomic mass is 32.1. The Morgan fingerprint density at radius 3 is 2.61 bits per heavy atom. The lowest BCUT2D eigenvalue weighted by Crippen LogP contribution is -2.32. The van der Waals surface area contributed by atoms with E-state index in [1.165, 1.54) is 17.4 Å². The molecule has 0 radical (unpaired) electrons. The Hall–Kier alpha value is -1.91. The van der Waals surface area contributed by atoms with Crippen LogP contribution >= 0.6 is 11.3 Å². The maximum atomic E-state index is 11.9. The number of ether oxygens (including phenoxy) is 1. The van der Waals surface area contributed by atoms with Gasteiger partial charge in [0, 0.05) is 22.6 Å². The monoisotopic (exact) mass is 258 g/mol. The largest absolute Gasteiger partial charge is 0.450 e. The lowest BCUT2D eigenvalue weighted by atomic mass is 10.1. The van der Waals surface area contributed by atoms with Gasteiger partial charge in [0.15, 0.2) is 0 Å². The second-order valence-corrected chi connectivity index (χ2v) is 4.78. The molecule has 1 aromatic carbocycles. The minimum Gasteiger partial charge on any atom is -0.450 e. The fourth-order valence-electron chi connectivity index (χ4n) is 1.86. The van der Waals surface area contributed by atoms with Crippen LogP contribution in [-0.4, -0.2) is 10.9 Å². The zero-order valence-electron chi connectivity index (χ0n) is 9.37. The fourth-order valence-corrected chi connectivity index (χ4v) is 2.55. The summed E-state index contributed by atoms with van der Waals surface area (Å²) in [5, 5.41) is 13.8. The normalized spacial score (nSPS) is 22.7. The predicted octanol–water partition coefficient (Wildman–Crippen LogP) is 2.53. The van der Waals surface area contributed by atoms with Crippen molar-refractivity contribution in [2.45, 2.75) is 5.79 Å². The van der Waals surface area contributed by atoms with Crippen LogP contribution in [0.15, 0.2) is 53.2 Å². The average Bonchev–Trinajstić information content (AvgIpc) is 3.01. The molecule has 2 heterocycles. The van der Waals surface area contributed by atoms with Crippen molar-refractivity contribution in [3.05, 3.63) is 64.4 Å². The summed E-state index contributed by atoms with van der Waals surface area (Å²) in [6.07, 6.45) is 1.34. The molecule has 1 aliphatic heterocycles. The first-order chi connectivity index (χ1) is 8.70. The Balaban J connectivity index is 1.96. The van der Waals surface area contributed by atoms with Gasteiger partial charge >= 0.3 is 0 Å². The maximum Gasteiger partial charge on any atom is 0.300 e. The molecule has 0 saturated heterocycles. The SMILES string of the molecule is O=C1C=C(c2ccccc2)OC1(O)c1ccsc1. The van der Waals surface area contributed by atoms with Gasteiger partial charge in [-0.05, 0) is 11.4 Å². The van der Waals surface area contributed by atoms with Crippen LogP contribution in [0.1, 0.15) is 11.1 Å². The van der Waals surface area contributed by atoms with E-state index in [9.17, 15) is 9.90 Å². The minimum atomic E-state index is -1.87. The van der Waals surface area contributed by atoms with E-state index < -0.39 is 11.6 Å². The van der Waals surface area contributed by atoms with Gasteiger partial charge in [-0.25, -0.2) is 0 Å². The molecular weight excluding hydrogens is 248 g/mol. The van der Waals surface area contributed by atoms with Crippen LogP contribution in [0.5, 0.6) is 0 Å². The number of hydrogen-bond donors (Lipinski definition) is 1. The van der Waals surface area contributed by atoms with Crippen molar-refractivity contribution >= 4 is 22.9 Å². The van der Waals surface area contributed by atoms with E-state index in [-0.39, 0.29) is 0 Å². The molecule has 1 aromatic heterocycles. The van der Waals surface area contributed by atoms with Crippen molar-refractivity contribution < 1.29 is 14.6 Å². The van der Waals surface area contributed by atoms with E-state index in [0.29, 0.717) is 11.3 Å². The standard InChI is InChI=1S/C14H10O3S/c15-13-8-12(10-4-2-1-3-5-10)17-14(13,16)11-6-7-18-9-11/h1-9,16H. The smallest absolute Gasteiger partial charge is 0.300 e. The van der Waals surface area contributed by atoms with E-state index in [1.54, 1.807) is 16.8 Å². The molecule has 1 atom stereocenters. The van der Waals surface area contributed by atoms with Gasteiger partial charge in [-0.3, -0.25) is 4.79 Å². The lowest BCUT2D eigenvalue weighted by molar-refractivity contribution is -0.173. The predicted molar refractivity (Wildman–Crippen MR) is 68.7 cm³/mol. The van der Waals surface area contributed by atoms with Crippen molar-refractivity contribution in [1.82, 2.24) is 0 Å². The summed E-state index contributed by atoms with van der Waals surface area (Å²) in [5.74, 6) is -1.92. The lowest BCUT2D eigenvalue weighted by Gasteiger charge is -2.21. The molecule has 1 N–H and O–H groups in total. The number of carbonyl (C=O) groups is 1. The molecule has 18 heavy (non-hydrogen) atoms. The molecule has 0 saturated carbocycles. The highest BCUT2D eigenvalue weighted by molar-refractivity contribution is 7.08. The summed E-state index contributed by atoms with van der Waals surface area (Å²) in [7, 11) is 0. The highest BCUT2D eigenvalue weighted by Crippen LogP contribution is 2.37. The van der Waals surface area contributed by atoms with Crippen LogP contribution in [0.3, 0.4) is 0 Å². The van der Waals surface area contributed by atoms with Crippen LogP contribution < -0.4 is 0 Å². The number of benzene rings is 1. The second-order valence-electron chi connectivity index (χ2n) is 4.00. The molecule has 90 valence electrons. The third-order valence-electron chi connectivity index (χ3n) is 2.82. The Bertz CT molecular complexity index is 601. The molecule has 0 aliphatic carbocycles. The molecule has 0 fully saturated rings. The van der Waals surface area contributed by atoms with Gasteiger partial charge in [-0.15, -0.1) is 0 Å². The second kappa shape index (κ2) is 4.08. The molecule has 2 aromatic rings. The summed E-state index contributed by atoms with van der Waals surface area (Å²) in [5.41, 5.74) is 1.25. The van der Waals surface area contributed by atoms with E-state index in [4.69, 9.17) is 4.74 Å². The number of aliphatic hydroxyl groups is 1. The molecule has 0 spiro atoms. The van der Waals surface area contributed by atoms with Gasteiger partial charge in [0.05, 0.1) is 0 Å². The number of carbonyl (C=O) groups excluding carboxylic acids is 1. The van der Waals surface area contributed by atoms with Gasteiger partial charge < -0.3 is 9.84 Å². The van der Waals surface area contributed by atoms with Crippen molar-refractivity contribution in [1.29, 1.82) is 0 Å². The van der Waals surface area contributed by atoms with E-state index >= 15 is 0 Å². The third-order valence-corrected chi connectivity index (χ3v) is 3.51. The molecule has 1 unspecified atom stereocenters. The molecule has 0 bridgehead atoms. The highest BCUT2D eigenvalue weighted by Gasteiger charge is 2.45. The third kappa shape index (κ3) is 1.66. The number of ketones is 1. The van der Waals surface area contributed by atoms with Gasteiger partial charge in [0.2, 0.25) is 5.78 Å². The van der Waals surface area contributed by atoms with E-state index in [1.807, 2.05) is 30.3 Å². The summed E-state index contributed by atoms with van der Waals surface area (Å²) < 4.78 is 5.47. The maximum absolute atomic E-state index is 11.9. The zero-order chi connectivity index (χ0) is 12.6. The Labute approximate surface area is 108 Å². The quantitative estimate of drug-likeness (QED) is 0.900. The molecular formula is C14H10O3S. The topological polar surface area (TPSA) is 46.5 Å². The summed E-state index contributed by atoms with van der Waals surface area (Å²) >= 11 is 1.41. The molecule has 1 aliphatic rings. The van der Waals surface area contributed by atoms with Crippen LogP contribution in [0, 0.1) is 0 Å². The van der Waals surface area contributed by atoms with E-state index in [0.717, 1.165) is 5.56 Å². The van der Waals surface area contributed by atoms with Crippen LogP contribution in [0.4, 0.5) is 0 Å². The first-order valence-electron chi connectivity index (χ1n) is 5.46. The number of thiophene rings is 1. The van der Waals surface area contributed by atoms with Gasteiger partial charge in [-0.2, -0.15) is 11.3 Å². The molecule has 3 nitrogen and oxygen atoms in total. The van der Waals surface area contributed by atoms with Gasteiger partial charge in [-0.1, -0.05) is 30.3 Å². The minimum absolute atomic E-state index is 0.398. The molecule has 4 heteroatoms.